The topological polar surface area (TPSA) is 41.2 Å². The maximum atomic E-state index is 5.84. The highest BCUT2D eigenvalue weighted by molar-refractivity contribution is 5.89. The fraction of sp³-hybridized carbons (Fsp3) is 0.167. The van der Waals surface area contributed by atoms with Gasteiger partial charge in [0.2, 0.25) is 5.88 Å². The summed E-state index contributed by atoms with van der Waals surface area (Å²) in [7, 11) is 0. The normalized spacial score (nSPS) is 14.5. The molecule has 1 aliphatic heterocycles. The van der Waals surface area contributed by atoms with Crippen LogP contribution in [0.5, 0.6) is 11.6 Å². The van der Waals surface area contributed by atoms with E-state index in [1.807, 2.05) is 48.7 Å². The Balaban J connectivity index is 1.68. The summed E-state index contributed by atoms with van der Waals surface area (Å²) < 4.78 is 5.84. The minimum atomic E-state index is 0.618. The van der Waals surface area contributed by atoms with E-state index in [1.165, 1.54) is 0 Å². The minimum absolute atomic E-state index is 0.618. The zero-order valence-corrected chi connectivity index (χ0v) is 12.2. The van der Waals surface area contributed by atoms with Gasteiger partial charge < -0.3 is 14.6 Å². The first-order chi connectivity index (χ1) is 10.9. The zero-order chi connectivity index (χ0) is 14.8. The number of pyridine rings is 1. The molecule has 1 N–H and O–H groups in total. The number of nitrogens with one attached hydrogen (secondary N) is 1. The summed E-state index contributed by atoms with van der Waals surface area (Å²) in [4.78, 5) is 10.3. The van der Waals surface area contributed by atoms with Gasteiger partial charge in [-0.05, 0) is 24.6 Å². The number of anilines is 1. The van der Waals surface area contributed by atoms with Crippen LogP contribution in [0, 0.1) is 0 Å². The Morgan fingerprint density at radius 2 is 1.95 bits per heavy atom. The fourth-order valence-corrected chi connectivity index (χ4v) is 2.73. The van der Waals surface area contributed by atoms with Gasteiger partial charge in [0, 0.05) is 25.4 Å². The molecule has 0 atom stereocenters. The number of hydrogen-bond donors (Lipinski definition) is 1. The summed E-state index contributed by atoms with van der Waals surface area (Å²) in [5, 5.41) is 0. The highest BCUT2D eigenvalue weighted by Crippen LogP contribution is 2.29. The third-order valence-electron chi connectivity index (χ3n) is 3.84. The number of H-pyrrole nitrogens is 1. The second-order valence-corrected chi connectivity index (χ2v) is 5.34. The second kappa shape index (κ2) is 5.56. The molecule has 3 heterocycles. The lowest BCUT2D eigenvalue weighted by molar-refractivity contribution is 0.465. The van der Waals surface area contributed by atoms with Gasteiger partial charge in [0.1, 0.15) is 11.3 Å². The van der Waals surface area contributed by atoms with E-state index >= 15 is 0 Å². The Labute approximate surface area is 129 Å². The highest BCUT2D eigenvalue weighted by atomic mass is 16.5. The van der Waals surface area contributed by atoms with Crippen molar-refractivity contribution in [2.24, 2.45) is 0 Å². The number of nitrogens with zero attached hydrogens (tertiary/aromatic N) is 2. The van der Waals surface area contributed by atoms with E-state index in [1.54, 1.807) is 0 Å². The molecule has 0 bridgehead atoms. The highest BCUT2D eigenvalue weighted by Gasteiger charge is 2.14. The lowest BCUT2D eigenvalue weighted by atomic mass is 10.2. The van der Waals surface area contributed by atoms with Crippen molar-refractivity contribution in [1.29, 1.82) is 0 Å². The van der Waals surface area contributed by atoms with Crippen molar-refractivity contribution >= 4 is 16.7 Å². The van der Waals surface area contributed by atoms with E-state index in [-0.39, 0.29) is 0 Å². The molecule has 0 saturated heterocycles. The molecule has 110 valence electrons. The van der Waals surface area contributed by atoms with Crippen LogP contribution in [0.3, 0.4) is 0 Å². The molecular weight excluding hydrogens is 274 g/mol. The van der Waals surface area contributed by atoms with E-state index in [0.29, 0.717) is 5.88 Å². The first-order valence-corrected chi connectivity index (χ1v) is 7.51. The molecule has 4 nitrogen and oxygen atoms in total. The number of ether oxygens (including phenoxy) is 1. The molecule has 1 aliphatic rings. The van der Waals surface area contributed by atoms with Gasteiger partial charge in [-0.15, -0.1) is 0 Å². The molecular formula is C18H17N3O. The third-order valence-corrected chi connectivity index (χ3v) is 3.84. The van der Waals surface area contributed by atoms with Crippen LogP contribution in [0.25, 0.3) is 11.0 Å². The van der Waals surface area contributed by atoms with Crippen LogP contribution in [0.1, 0.15) is 6.42 Å². The Hall–Kier alpha value is -2.75. The summed E-state index contributed by atoms with van der Waals surface area (Å²) in [5.41, 5.74) is 3.13. The Kier molecular flexibility index (Phi) is 3.27. The quantitative estimate of drug-likeness (QED) is 0.738. The van der Waals surface area contributed by atoms with Crippen LogP contribution in [-0.2, 0) is 0 Å². The van der Waals surface area contributed by atoms with Crippen molar-refractivity contribution in [3.8, 4) is 11.6 Å². The smallest absolute Gasteiger partial charge is 0.219 e. The summed E-state index contributed by atoms with van der Waals surface area (Å²) in [6, 6.07) is 13.7. The Morgan fingerprint density at radius 3 is 2.77 bits per heavy atom. The molecule has 0 spiro atoms. The second-order valence-electron chi connectivity index (χ2n) is 5.34. The van der Waals surface area contributed by atoms with Gasteiger partial charge in [-0.1, -0.05) is 30.4 Å². The number of para-hydroxylation sites is 1. The average Bonchev–Trinajstić information content (AvgIpc) is 3.00. The van der Waals surface area contributed by atoms with E-state index in [2.05, 4.69) is 27.0 Å². The number of benzene rings is 1. The maximum absolute atomic E-state index is 5.84. The van der Waals surface area contributed by atoms with Gasteiger partial charge in [-0.2, -0.15) is 0 Å². The van der Waals surface area contributed by atoms with E-state index in [9.17, 15) is 0 Å². The van der Waals surface area contributed by atoms with Crippen molar-refractivity contribution in [2.75, 3.05) is 18.0 Å². The minimum Gasteiger partial charge on any atom is -0.439 e. The van der Waals surface area contributed by atoms with Gasteiger partial charge in [-0.25, -0.2) is 4.98 Å². The maximum Gasteiger partial charge on any atom is 0.219 e. The summed E-state index contributed by atoms with van der Waals surface area (Å²) in [6.07, 6.45) is 7.53. The predicted molar refractivity (Wildman–Crippen MR) is 88.6 cm³/mol. The van der Waals surface area contributed by atoms with Gasteiger partial charge in [-0.3, -0.25) is 0 Å². The number of aromatic amines is 1. The van der Waals surface area contributed by atoms with Crippen molar-refractivity contribution < 1.29 is 4.74 Å². The van der Waals surface area contributed by atoms with Crippen molar-refractivity contribution in [3.63, 3.8) is 0 Å². The average molecular weight is 291 g/mol. The van der Waals surface area contributed by atoms with E-state index in [0.717, 1.165) is 42.0 Å². The molecule has 0 amide bonds. The molecule has 0 aliphatic carbocycles. The Bertz CT molecular complexity index is 808. The molecule has 1 aromatic carbocycles. The summed E-state index contributed by atoms with van der Waals surface area (Å²) in [5.74, 6) is 1.42. The predicted octanol–water partition coefficient (Wildman–Crippen LogP) is 4.12. The van der Waals surface area contributed by atoms with Crippen LogP contribution >= 0.6 is 0 Å². The van der Waals surface area contributed by atoms with Gasteiger partial charge in [0.25, 0.3) is 0 Å². The number of aromatic nitrogens is 2. The van der Waals surface area contributed by atoms with Gasteiger partial charge in [0.15, 0.2) is 0 Å². The molecule has 0 saturated carbocycles. The SMILES string of the molecule is C1=CCN(c2c[nH]c3ccc(Oc4ccccc4)nc23)CC1. The van der Waals surface area contributed by atoms with Crippen molar-refractivity contribution in [2.45, 2.75) is 6.42 Å². The van der Waals surface area contributed by atoms with Crippen LogP contribution in [0.15, 0.2) is 60.8 Å². The summed E-state index contributed by atoms with van der Waals surface area (Å²) >= 11 is 0. The van der Waals surface area contributed by atoms with Gasteiger partial charge in [0.05, 0.1) is 11.2 Å². The first kappa shape index (κ1) is 13.0. The van der Waals surface area contributed by atoms with Crippen LogP contribution in [0.2, 0.25) is 0 Å². The van der Waals surface area contributed by atoms with Crippen LogP contribution < -0.4 is 9.64 Å². The molecule has 4 rings (SSSR count). The fourth-order valence-electron chi connectivity index (χ4n) is 2.73. The number of fused-ring (bicyclic) bond motifs is 1. The lowest BCUT2D eigenvalue weighted by Crippen LogP contribution is -2.26. The molecule has 0 unspecified atom stereocenters. The summed E-state index contributed by atoms with van der Waals surface area (Å²) in [6.45, 7) is 1.95. The van der Waals surface area contributed by atoms with Crippen molar-refractivity contribution in [1.82, 2.24) is 9.97 Å². The largest absolute Gasteiger partial charge is 0.439 e. The monoisotopic (exact) mass is 291 g/mol. The number of rotatable bonds is 3. The number of hydrogen-bond acceptors (Lipinski definition) is 3. The first-order valence-electron chi connectivity index (χ1n) is 7.51. The van der Waals surface area contributed by atoms with E-state index in [4.69, 9.17) is 4.74 Å². The third kappa shape index (κ3) is 2.44. The standard InChI is InChI=1S/C18H17N3O/c1-3-7-14(8-4-1)22-17-10-9-15-18(20-17)16(13-19-15)21-11-5-2-6-12-21/h1-5,7-10,13,19H,6,11-12H2. The van der Waals surface area contributed by atoms with Crippen LogP contribution in [-0.4, -0.2) is 23.1 Å². The molecule has 2 aromatic heterocycles. The van der Waals surface area contributed by atoms with Crippen LogP contribution in [0.4, 0.5) is 5.69 Å². The van der Waals surface area contributed by atoms with Gasteiger partial charge >= 0.3 is 0 Å². The zero-order valence-electron chi connectivity index (χ0n) is 12.2. The molecule has 22 heavy (non-hydrogen) atoms. The molecule has 0 radical (unpaired) electrons. The molecule has 0 fully saturated rings. The van der Waals surface area contributed by atoms with Crippen molar-refractivity contribution in [3.05, 3.63) is 60.8 Å². The Morgan fingerprint density at radius 1 is 1.05 bits per heavy atom. The molecule has 3 aromatic rings. The van der Waals surface area contributed by atoms with E-state index < -0.39 is 0 Å². The molecule has 4 heteroatoms. The lowest BCUT2D eigenvalue weighted by Gasteiger charge is -2.24.